The van der Waals surface area contributed by atoms with Crippen molar-refractivity contribution in [1.29, 1.82) is 0 Å². The van der Waals surface area contributed by atoms with E-state index in [9.17, 15) is 33.2 Å². The number of carbonyl (C=O) groups excluding carboxylic acids is 6. The molecule has 1 unspecified atom stereocenters. The molecule has 4 atom stereocenters. The molecule has 92 heavy (non-hydrogen) atoms. The first kappa shape index (κ1) is 69.0. The van der Waals surface area contributed by atoms with Gasteiger partial charge in [0.25, 0.3) is 11.8 Å². The summed E-state index contributed by atoms with van der Waals surface area (Å²) in [5.41, 5.74) is 7.47. The van der Waals surface area contributed by atoms with Gasteiger partial charge in [0.05, 0.1) is 85.2 Å². The number of nitrogens with zero attached hydrogens (tertiary/aromatic N) is 3. The van der Waals surface area contributed by atoms with Gasteiger partial charge in [0.15, 0.2) is 6.61 Å². The molecule has 0 bridgehead atoms. The van der Waals surface area contributed by atoms with Gasteiger partial charge in [-0.15, -0.1) is 0 Å². The number of aryl methyl sites for hydroxylation is 3. The highest BCUT2D eigenvalue weighted by atomic mass is 19.1. The molecule has 0 spiro atoms. The number of imide groups is 1. The van der Waals surface area contributed by atoms with Crippen LogP contribution in [0.4, 0.5) is 9.18 Å². The minimum Gasteiger partial charge on any atom is -0.496 e. The Kier molecular flexibility index (Phi) is 26.3. The van der Waals surface area contributed by atoms with Crippen molar-refractivity contribution < 1.29 is 75.8 Å². The van der Waals surface area contributed by atoms with Crippen LogP contribution in [0, 0.1) is 26.6 Å². The minimum absolute atomic E-state index is 0.108. The Morgan fingerprint density at radius 3 is 2.13 bits per heavy atom. The summed E-state index contributed by atoms with van der Waals surface area (Å²) in [5, 5.41) is 15.1. The topological polar surface area (TPSA) is 255 Å². The molecule has 0 aliphatic carbocycles. The van der Waals surface area contributed by atoms with Crippen LogP contribution in [0.1, 0.15) is 102 Å². The number of benzene rings is 5. The number of aromatic nitrogens is 2. The van der Waals surface area contributed by atoms with Gasteiger partial charge < -0.3 is 63.5 Å². The number of halogens is 1. The van der Waals surface area contributed by atoms with Gasteiger partial charge in [-0.2, -0.15) is 5.10 Å². The van der Waals surface area contributed by atoms with E-state index in [1.807, 2.05) is 64.1 Å². The van der Waals surface area contributed by atoms with Crippen LogP contribution in [0.2, 0.25) is 0 Å². The Morgan fingerprint density at radius 1 is 0.707 bits per heavy atom. The second-order valence-electron chi connectivity index (χ2n) is 22.3. The molecule has 4 N–H and O–H groups in total. The number of piperidine rings is 1. The predicted molar refractivity (Wildman–Crippen MR) is 339 cm³/mol. The van der Waals surface area contributed by atoms with E-state index in [1.54, 1.807) is 67.8 Å². The molecule has 5 aromatic carbocycles. The van der Waals surface area contributed by atoms with Crippen molar-refractivity contribution >= 4 is 35.6 Å². The molecule has 1 aromatic heterocycles. The SMILES string of the molecule is CC[C@H](C(=O)N1CCCC[C@H]1C(=O)O[C@@H](CCc1ccc(C)c(OC)c1)c1cccc(OCC(=O)NCCOCCOCCOCCOCCC(=O)NCCOc2ccccc2-n2cc(C3NC(=O)NC3=O)c(-c3ccc(F)cc3)n2)c1)c1cc(C)c(C)c(OC)c1. The Morgan fingerprint density at radius 2 is 1.41 bits per heavy atom. The zero-order valence-corrected chi connectivity index (χ0v) is 53.2. The molecule has 23 heteroatoms. The van der Waals surface area contributed by atoms with Gasteiger partial charge in [0.2, 0.25) is 11.8 Å². The molecule has 2 saturated heterocycles. The van der Waals surface area contributed by atoms with Crippen LogP contribution >= 0.6 is 0 Å². The third-order valence-electron chi connectivity index (χ3n) is 16.0. The maximum absolute atomic E-state index is 14.5. The van der Waals surface area contributed by atoms with E-state index in [2.05, 4.69) is 21.3 Å². The van der Waals surface area contributed by atoms with E-state index in [4.69, 9.17) is 47.7 Å². The first-order valence-electron chi connectivity index (χ1n) is 31.2. The van der Waals surface area contributed by atoms with Gasteiger partial charge in [-0.05, 0) is 153 Å². The van der Waals surface area contributed by atoms with Crippen molar-refractivity contribution in [2.75, 3.05) is 99.9 Å². The van der Waals surface area contributed by atoms with Crippen molar-refractivity contribution in [1.82, 2.24) is 35.9 Å². The molecule has 492 valence electrons. The van der Waals surface area contributed by atoms with Gasteiger partial charge in [0, 0.05) is 36.8 Å². The lowest BCUT2D eigenvalue weighted by Crippen LogP contribution is -2.50. The van der Waals surface area contributed by atoms with Crippen molar-refractivity contribution in [3.8, 4) is 39.9 Å². The second-order valence-corrected chi connectivity index (χ2v) is 22.3. The summed E-state index contributed by atoms with van der Waals surface area (Å²) in [4.78, 5) is 80.6. The lowest BCUT2D eigenvalue weighted by Gasteiger charge is -2.37. The first-order valence-corrected chi connectivity index (χ1v) is 31.2. The highest BCUT2D eigenvalue weighted by Crippen LogP contribution is 2.36. The summed E-state index contributed by atoms with van der Waals surface area (Å²) in [7, 11) is 3.26. The zero-order chi connectivity index (χ0) is 65.4. The third-order valence-corrected chi connectivity index (χ3v) is 16.0. The number of methoxy groups -OCH3 is 2. The third kappa shape index (κ3) is 19.6. The quantitative estimate of drug-likeness (QED) is 0.0163. The molecule has 2 fully saturated rings. The summed E-state index contributed by atoms with van der Waals surface area (Å²) >= 11 is 0. The highest BCUT2D eigenvalue weighted by molar-refractivity contribution is 6.05. The highest BCUT2D eigenvalue weighted by Gasteiger charge is 2.39. The minimum atomic E-state index is -1.01. The van der Waals surface area contributed by atoms with E-state index in [0.717, 1.165) is 52.2 Å². The van der Waals surface area contributed by atoms with Crippen LogP contribution in [0.3, 0.4) is 0 Å². The number of hydrogen-bond acceptors (Lipinski definition) is 16. The van der Waals surface area contributed by atoms with E-state index in [0.29, 0.717) is 105 Å². The zero-order valence-electron chi connectivity index (χ0n) is 53.2. The smallest absolute Gasteiger partial charge is 0.329 e. The Hall–Kier alpha value is -8.90. The summed E-state index contributed by atoms with van der Waals surface area (Å²) in [6.45, 7) is 11.1. The predicted octanol–water partition coefficient (Wildman–Crippen LogP) is 8.44. The number of carbonyl (C=O) groups is 6. The van der Waals surface area contributed by atoms with Crippen LogP contribution in [-0.4, -0.2) is 156 Å². The monoisotopic (exact) mass is 1270 g/mol. The largest absolute Gasteiger partial charge is 0.496 e. The first-order chi connectivity index (χ1) is 44.6. The number of para-hydroxylation sites is 2. The summed E-state index contributed by atoms with van der Waals surface area (Å²) < 4.78 is 67.3. The van der Waals surface area contributed by atoms with Crippen LogP contribution in [-0.2, 0) is 54.1 Å². The summed E-state index contributed by atoms with van der Waals surface area (Å²) in [6, 6.07) is 27.5. The number of esters is 1. The average molecular weight is 1270 g/mol. The van der Waals surface area contributed by atoms with Crippen molar-refractivity contribution in [2.24, 2.45) is 0 Å². The maximum atomic E-state index is 14.5. The number of likely N-dealkylation sites (tertiary alicyclic amines) is 1. The molecule has 6 aromatic rings. The second kappa shape index (κ2) is 35.1. The van der Waals surface area contributed by atoms with Gasteiger partial charge in [-0.3, -0.25) is 24.5 Å². The molecule has 8 rings (SSSR count). The van der Waals surface area contributed by atoms with Gasteiger partial charge >= 0.3 is 12.0 Å². The molecule has 6 amide bonds. The molecular formula is C69H84FN7O15. The fraction of sp³-hybridized carbons (Fsp3) is 0.435. The van der Waals surface area contributed by atoms with Crippen LogP contribution in [0.5, 0.6) is 23.0 Å². The van der Waals surface area contributed by atoms with E-state index in [1.165, 1.54) is 28.9 Å². The number of hydrogen-bond donors (Lipinski definition) is 4. The van der Waals surface area contributed by atoms with E-state index >= 15 is 0 Å². The molecule has 3 heterocycles. The molecule has 0 radical (unpaired) electrons. The Labute approximate surface area is 536 Å². The van der Waals surface area contributed by atoms with Gasteiger partial charge in [-0.1, -0.05) is 49.4 Å². The lowest BCUT2D eigenvalue weighted by atomic mass is 9.90. The number of rotatable bonds is 36. The van der Waals surface area contributed by atoms with Crippen molar-refractivity contribution in [3.05, 3.63) is 154 Å². The normalized spacial score (nSPS) is 15.2. The number of ether oxygens (including phenoxy) is 9. The van der Waals surface area contributed by atoms with E-state index in [-0.39, 0.29) is 70.3 Å². The molecule has 2 aliphatic heterocycles. The molecule has 2 aliphatic rings. The molecule has 22 nitrogen and oxygen atoms in total. The maximum Gasteiger partial charge on any atom is 0.329 e. The number of urea groups is 1. The van der Waals surface area contributed by atoms with Crippen LogP contribution in [0.15, 0.2) is 109 Å². The standard InChI is InChI=1S/C69H84FN7O15/c1-7-54(51-39-46(3)47(4)61(42-51)85-6)67(81)76-29-11-10-16-57(76)68(82)92-58(25-20-48-19-18-45(2)60(40-48)84-5)50-13-12-14-53(41-50)91-44-63(79)72-27-31-87-34-36-89-38-37-88-35-33-86-30-26-62(78)71-28-32-90-59-17-9-8-15-56(59)77-43-55(65-66(80)74-69(83)73-65)64(75-77)49-21-23-52(70)24-22-49/h8-9,12-15,17-19,21-24,39-43,54,57-58,65H,7,10-11,16,20,25-38,44H2,1-6H3,(H,71,78)(H,72,79)(H2,73,74,80,83)/t54-,57-,58-,65?/m0/s1. The van der Waals surface area contributed by atoms with E-state index < -0.39 is 47.8 Å². The summed E-state index contributed by atoms with van der Waals surface area (Å²) in [5.74, 6) is -0.205. The van der Waals surface area contributed by atoms with Crippen LogP contribution < -0.4 is 40.2 Å². The molecular weight excluding hydrogens is 1190 g/mol. The van der Waals surface area contributed by atoms with Gasteiger partial charge in [0.1, 0.15) is 59.3 Å². The lowest BCUT2D eigenvalue weighted by molar-refractivity contribution is -0.162. The van der Waals surface area contributed by atoms with Crippen LogP contribution in [0.25, 0.3) is 16.9 Å². The average Bonchev–Trinajstić information content (AvgIpc) is 1.55. The fourth-order valence-electron chi connectivity index (χ4n) is 10.9. The fourth-order valence-corrected chi connectivity index (χ4v) is 10.9. The summed E-state index contributed by atoms with van der Waals surface area (Å²) in [6.07, 6.45) is 4.65. The number of nitrogens with one attached hydrogen (secondary N) is 4. The number of amides is 6. The van der Waals surface area contributed by atoms with Crippen molar-refractivity contribution in [2.45, 2.75) is 96.7 Å². The van der Waals surface area contributed by atoms with Gasteiger partial charge in [-0.25, -0.2) is 18.7 Å². The molecule has 0 saturated carbocycles. The van der Waals surface area contributed by atoms with Crippen molar-refractivity contribution in [3.63, 3.8) is 0 Å². The Bertz CT molecular complexity index is 3450. The Balaban J connectivity index is 0.685.